The lowest BCUT2D eigenvalue weighted by atomic mass is 10.4. The van der Waals surface area contributed by atoms with Crippen LogP contribution in [-0.2, 0) is 10.0 Å². The zero-order valence-corrected chi connectivity index (χ0v) is 9.50. The molecular weight excluding hydrogens is 232 g/mol. The SMILES string of the molecule is Cc1noc(C)c1S(=O)(=O)Nc1ccn[nH]1. The van der Waals surface area contributed by atoms with Crippen LogP contribution in [0.3, 0.4) is 0 Å². The van der Waals surface area contributed by atoms with Gasteiger partial charge in [0.15, 0.2) is 10.7 Å². The Hall–Kier alpha value is -1.83. The van der Waals surface area contributed by atoms with E-state index in [0.717, 1.165) is 0 Å². The molecule has 8 heteroatoms. The highest BCUT2D eigenvalue weighted by molar-refractivity contribution is 7.92. The Bertz CT molecular complexity index is 565. The van der Waals surface area contributed by atoms with Crippen LogP contribution in [-0.4, -0.2) is 23.8 Å². The molecule has 0 atom stereocenters. The Morgan fingerprint density at radius 3 is 2.69 bits per heavy atom. The summed E-state index contributed by atoms with van der Waals surface area (Å²) in [6.45, 7) is 3.11. The van der Waals surface area contributed by atoms with Gasteiger partial charge in [0.25, 0.3) is 10.0 Å². The molecule has 16 heavy (non-hydrogen) atoms. The summed E-state index contributed by atoms with van der Waals surface area (Å²) in [4.78, 5) is 0.0575. The summed E-state index contributed by atoms with van der Waals surface area (Å²) in [6.07, 6.45) is 1.45. The fraction of sp³-hybridized carbons (Fsp3) is 0.250. The van der Waals surface area contributed by atoms with E-state index in [-0.39, 0.29) is 10.7 Å². The van der Waals surface area contributed by atoms with Gasteiger partial charge in [-0.1, -0.05) is 5.16 Å². The molecule has 2 rings (SSSR count). The van der Waals surface area contributed by atoms with E-state index in [1.807, 2.05) is 0 Å². The van der Waals surface area contributed by atoms with E-state index in [2.05, 4.69) is 20.1 Å². The molecular formula is C8H10N4O3S. The summed E-state index contributed by atoms with van der Waals surface area (Å²) in [7, 11) is -3.68. The molecule has 2 N–H and O–H groups in total. The van der Waals surface area contributed by atoms with E-state index in [0.29, 0.717) is 11.5 Å². The quantitative estimate of drug-likeness (QED) is 0.829. The summed E-state index contributed by atoms with van der Waals surface area (Å²) < 4.78 is 31.0. The molecule has 0 aromatic carbocycles. The van der Waals surface area contributed by atoms with Crippen molar-refractivity contribution in [3.63, 3.8) is 0 Å². The van der Waals surface area contributed by atoms with Crippen LogP contribution in [0, 0.1) is 13.8 Å². The van der Waals surface area contributed by atoms with Crippen LogP contribution >= 0.6 is 0 Å². The van der Waals surface area contributed by atoms with Crippen molar-refractivity contribution in [1.82, 2.24) is 15.4 Å². The fourth-order valence-electron chi connectivity index (χ4n) is 1.37. The van der Waals surface area contributed by atoms with Crippen molar-refractivity contribution in [2.45, 2.75) is 18.7 Å². The first kappa shape index (κ1) is 10.7. The summed E-state index contributed by atoms with van der Waals surface area (Å²) >= 11 is 0. The molecule has 7 nitrogen and oxygen atoms in total. The zero-order valence-electron chi connectivity index (χ0n) is 8.68. The Morgan fingerprint density at radius 1 is 1.44 bits per heavy atom. The number of H-pyrrole nitrogens is 1. The van der Waals surface area contributed by atoms with Crippen molar-refractivity contribution in [1.29, 1.82) is 0 Å². The van der Waals surface area contributed by atoms with Gasteiger partial charge < -0.3 is 4.52 Å². The molecule has 0 saturated heterocycles. The average Bonchev–Trinajstić information content (AvgIpc) is 2.76. The minimum atomic E-state index is -3.68. The number of hydrogen-bond donors (Lipinski definition) is 2. The topological polar surface area (TPSA) is 101 Å². The number of anilines is 1. The summed E-state index contributed by atoms with van der Waals surface area (Å²) in [5.41, 5.74) is 0.324. The Kier molecular flexibility index (Phi) is 2.43. The Morgan fingerprint density at radius 2 is 2.19 bits per heavy atom. The molecule has 0 aliphatic heterocycles. The first-order chi connectivity index (χ1) is 7.50. The molecule has 2 aromatic heterocycles. The molecule has 0 saturated carbocycles. The molecule has 0 radical (unpaired) electrons. The van der Waals surface area contributed by atoms with Crippen LogP contribution in [0.5, 0.6) is 0 Å². The van der Waals surface area contributed by atoms with Gasteiger partial charge in [0.2, 0.25) is 0 Å². The maximum absolute atomic E-state index is 11.9. The molecule has 2 aromatic rings. The van der Waals surface area contributed by atoms with Crippen molar-refractivity contribution in [2.75, 3.05) is 4.72 Å². The van der Waals surface area contributed by atoms with Crippen LogP contribution < -0.4 is 4.72 Å². The minimum Gasteiger partial charge on any atom is -0.360 e. The molecule has 0 fully saturated rings. The van der Waals surface area contributed by atoms with E-state index in [4.69, 9.17) is 4.52 Å². The van der Waals surface area contributed by atoms with Gasteiger partial charge in [-0.2, -0.15) is 5.10 Å². The van der Waals surface area contributed by atoms with Crippen LogP contribution in [0.2, 0.25) is 0 Å². The monoisotopic (exact) mass is 242 g/mol. The highest BCUT2D eigenvalue weighted by atomic mass is 32.2. The minimum absolute atomic E-state index is 0.0575. The van der Waals surface area contributed by atoms with E-state index in [9.17, 15) is 8.42 Å². The van der Waals surface area contributed by atoms with Gasteiger partial charge in [0, 0.05) is 6.07 Å². The van der Waals surface area contributed by atoms with E-state index in [1.54, 1.807) is 13.8 Å². The second-order valence-corrected chi connectivity index (χ2v) is 4.85. The summed E-state index contributed by atoms with van der Waals surface area (Å²) in [5.74, 6) is 0.546. The first-order valence-electron chi connectivity index (χ1n) is 4.46. The Labute approximate surface area is 91.9 Å². The number of nitrogens with one attached hydrogen (secondary N) is 2. The first-order valence-corrected chi connectivity index (χ1v) is 5.94. The van der Waals surface area contributed by atoms with Crippen molar-refractivity contribution >= 4 is 15.8 Å². The molecule has 0 unspecified atom stereocenters. The normalized spacial score (nSPS) is 11.6. The van der Waals surface area contributed by atoms with Gasteiger partial charge in [-0.05, 0) is 13.8 Å². The lowest BCUT2D eigenvalue weighted by Crippen LogP contribution is -2.14. The van der Waals surface area contributed by atoms with Gasteiger partial charge in [0.05, 0.1) is 6.20 Å². The second kappa shape index (κ2) is 3.63. The molecule has 0 aliphatic carbocycles. The van der Waals surface area contributed by atoms with Crippen LogP contribution in [0.25, 0.3) is 0 Å². The smallest absolute Gasteiger partial charge is 0.268 e. The van der Waals surface area contributed by atoms with Crippen molar-refractivity contribution in [3.05, 3.63) is 23.7 Å². The number of aromatic amines is 1. The van der Waals surface area contributed by atoms with Gasteiger partial charge in [-0.15, -0.1) is 0 Å². The predicted molar refractivity (Wildman–Crippen MR) is 55.4 cm³/mol. The highest BCUT2D eigenvalue weighted by Gasteiger charge is 2.24. The predicted octanol–water partition coefficient (Wildman–Crippen LogP) is 0.815. The number of hydrogen-bond acceptors (Lipinski definition) is 5. The van der Waals surface area contributed by atoms with E-state index >= 15 is 0 Å². The fourth-order valence-corrected chi connectivity index (χ4v) is 2.71. The van der Waals surface area contributed by atoms with Gasteiger partial charge in [-0.25, -0.2) is 8.42 Å². The van der Waals surface area contributed by atoms with Crippen LogP contribution in [0.15, 0.2) is 21.7 Å². The standard InChI is InChI=1S/C8H10N4O3S/c1-5-8(6(2)15-11-5)16(13,14)12-7-3-4-9-10-7/h3-4H,1-2H3,(H2,9,10,12). The lowest BCUT2D eigenvalue weighted by Gasteiger charge is -2.04. The molecule has 0 spiro atoms. The third-order valence-electron chi connectivity index (χ3n) is 1.98. The van der Waals surface area contributed by atoms with Crippen molar-refractivity contribution in [2.24, 2.45) is 0 Å². The summed E-state index contributed by atoms with van der Waals surface area (Å²) in [6, 6.07) is 1.51. The van der Waals surface area contributed by atoms with Gasteiger partial charge in [-0.3, -0.25) is 9.82 Å². The molecule has 86 valence electrons. The van der Waals surface area contributed by atoms with E-state index < -0.39 is 10.0 Å². The summed E-state index contributed by atoms with van der Waals surface area (Å²) in [5, 5.41) is 9.74. The molecule has 2 heterocycles. The highest BCUT2D eigenvalue weighted by Crippen LogP contribution is 2.21. The number of aryl methyl sites for hydroxylation is 2. The van der Waals surface area contributed by atoms with Crippen molar-refractivity contribution < 1.29 is 12.9 Å². The van der Waals surface area contributed by atoms with E-state index in [1.165, 1.54) is 12.3 Å². The van der Waals surface area contributed by atoms with Crippen LogP contribution in [0.4, 0.5) is 5.82 Å². The maximum atomic E-state index is 11.9. The third kappa shape index (κ3) is 1.78. The zero-order chi connectivity index (χ0) is 11.8. The van der Waals surface area contributed by atoms with Crippen LogP contribution in [0.1, 0.15) is 11.5 Å². The maximum Gasteiger partial charge on any atom is 0.268 e. The van der Waals surface area contributed by atoms with Gasteiger partial charge >= 0.3 is 0 Å². The molecule has 0 amide bonds. The van der Waals surface area contributed by atoms with Gasteiger partial charge in [0.1, 0.15) is 11.5 Å². The largest absolute Gasteiger partial charge is 0.360 e. The average molecular weight is 242 g/mol. The van der Waals surface area contributed by atoms with Crippen molar-refractivity contribution in [3.8, 4) is 0 Å². The lowest BCUT2D eigenvalue weighted by molar-refractivity contribution is 0.390. The molecule has 0 aliphatic rings. The molecule has 0 bridgehead atoms. The second-order valence-electron chi connectivity index (χ2n) is 3.23. The number of sulfonamides is 1. The Balaban J connectivity index is 2.40. The number of aromatic nitrogens is 3. The number of nitrogens with zero attached hydrogens (tertiary/aromatic N) is 2. The number of rotatable bonds is 3. The third-order valence-corrected chi connectivity index (χ3v) is 3.59.